The fraction of sp³-hybridized carbons (Fsp3) is 0. The third-order valence-electron chi connectivity index (χ3n) is 3.11. The van der Waals surface area contributed by atoms with Gasteiger partial charge in [0, 0.05) is 11.6 Å². The van der Waals surface area contributed by atoms with E-state index in [9.17, 15) is 9.50 Å². The molecule has 98 valence electrons. The predicted molar refractivity (Wildman–Crippen MR) is 78.7 cm³/mol. The molecule has 0 spiro atoms. The van der Waals surface area contributed by atoms with E-state index in [0.29, 0.717) is 5.52 Å². The smallest absolute Gasteiger partial charge is 0.141 e. The number of rotatable bonds is 2. The Morgan fingerprint density at radius 1 is 0.950 bits per heavy atom. The number of fused-ring (bicyclic) bond motifs is 1. The van der Waals surface area contributed by atoms with E-state index in [1.54, 1.807) is 24.4 Å². The molecule has 20 heavy (non-hydrogen) atoms. The van der Waals surface area contributed by atoms with Crippen molar-refractivity contribution >= 4 is 23.1 Å². The molecule has 0 aliphatic carbocycles. The number of hydrogen-bond acceptors (Lipinski definition) is 2. The summed E-state index contributed by atoms with van der Waals surface area (Å²) in [6, 6.07) is 13.5. The van der Waals surface area contributed by atoms with Crippen LogP contribution in [0.2, 0.25) is 0 Å². The first-order valence-corrected chi connectivity index (χ1v) is 6.24. The fourth-order valence-corrected chi connectivity index (χ4v) is 2.09. The monoisotopic (exact) mass is 265 g/mol. The first-order chi connectivity index (χ1) is 9.74. The zero-order valence-electron chi connectivity index (χ0n) is 10.6. The van der Waals surface area contributed by atoms with Gasteiger partial charge in [0.2, 0.25) is 0 Å². The zero-order valence-corrected chi connectivity index (χ0v) is 10.6. The molecular weight excluding hydrogens is 253 g/mol. The summed E-state index contributed by atoms with van der Waals surface area (Å²) in [5.41, 5.74) is 2.44. The fourth-order valence-electron chi connectivity index (χ4n) is 2.09. The lowest BCUT2D eigenvalue weighted by atomic mass is 10.1. The number of phenolic OH excluding ortho intramolecular Hbond substituents is 1. The van der Waals surface area contributed by atoms with Crippen LogP contribution in [0.15, 0.2) is 54.7 Å². The van der Waals surface area contributed by atoms with Gasteiger partial charge >= 0.3 is 0 Å². The van der Waals surface area contributed by atoms with E-state index in [2.05, 4.69) is 4.98 Å². The highest BCUT2D eigenvalue weighted by Crippen LogP contribution is 2.26. The van der Waals surface area contributed by atoms with Crippen molar-refractivity contribution in [3.05, 3.63) is 71.7 Å². The largest absolute Gasteiger partial charge is 0.506 e. The molecule has 0 fully saturated rings. The average molecular weight is 265 g/mol. The minimum absolute atomic E-state index is 0.166. The predicted octanol–water partition coefficient (Wildman–Crippen LogP) is 4.25. The molecule has 1 heterocycles. The summed E-state index contributed by atoms with van der Waals surface area (Å²) in [5.74, 6) is -0.0824. The van der Waals surface area contributed by atoms with Crippen molar-refractivity contribution in [1.82, 2.24) is 4.98 Å². The van der Waals surface area contributed by atoms with E-state index in [4.69, 9.17) is 0 Å². The lowest BCUT2D eigenvalue weighted by Crippen LogP contribution is -1.82. The van der Waals surface area contributed by atoms with Crippen molar-refractivity contribution < 1.29 is 9.50 Å². The third kappa shape index (κ3) is 2.38. The van der Waals surface area contributed by atoms with Crippen LogP contribution in [0.5, 0.6) is 5.75 Å². The molecule has 1 aromatic heterocycles. The SMILES string of the molecule is Oc1ccc(/C=C/c2ccc(F)cc2)c2cccnc12. The van der Waals surface area contributed by atoms with Crippen LogP contribution in [0.25, 0.3) is 23.1 Å². The van der Waals surface area contributed by atoms with Crippen molar-refractivity contribution in [2.45, 2.75) is 0 Å². The second-order valence-electron chi connectivity index (χ2n) is 4.46. The Hall–Kier alpha value is -2.68. The molecule has 0 radical (unpaired) electrons. The van der Waals surface area contributed by atoms with Gasteiger partial charge in [0.15, 0.2) is 0 Å². The summed E-state index contributed by atoms with van der Waals surface area (Å²) < 4.78 is 12.8. The van der Waals surface area contributed by atoms with Crippen molar-refractivity contribution in [1.29, 1.82) is 0 Å². The molecule has 0 saturated carbocycles. The third-order valence-corrected chi connectivity index (χ3v) is 3.11. The molecule has 3 heteroatoms. The standard InChI is InChI=1S/C17H12FNO/c18-14-8-4-12(5-9-14)3-6-13-7-10-16(20)17-15(13)2-1-11-19-17/h1-11,20H/b6-3+. The van der Waals surface area contributed by atoms with Gasteiger partial charge in [-0.25, -0.2) is 4.39 Å². The van der Waals surface area contributed by atoms with Gasteiger partial charge in [-0.05, 0) is 35.4 Å². The summed E-state index contributed by atoms with van der Waals surface area (Å²) in [7, 11) is 0. The maximum Gasteiger partial charge on any atom is 0.141 e. The summed E-state index contributed by atoms with van der Waals surface area (Å²) in [6.07, 6.45) is 5.48. The summed E-state index contributed by atoms with van der Waals surface area (Å²) in [6.45, 7) is 0. The minimum atomic E-state index is -0.249. The highest BCUT2D eigenvalue weighted by atomic mass is 19.1. The molecular formula is C17H12FNO. The second-order valence-corrected chi connectivity index (χ2v) is 4.46. The van der Waals surface area contributed by atoms with Crippen LogP contribution < -0.4 is 0 Å². The van der Waals surface area contributed by atoms with E-state index in [1.807, 2.05) is 30.4 Å². The summed E-state index contributed by atoms with van der Waals surface area (Å²) >= 11 is 0. The van der Waals surface area contributed by atoms with Gasteiger partial charge in [-0.2, -0.15) is 0 Å². The van der Waals surface area contributed by atoms with E-state index < -0.39 is 0 Å². The van der Waals surface area contributed by atoms with Crippen molar-refractivity contribution in [2.24, 2.45) is 0 Å². The van der Waals surface area contributed by atoms with Gasteiger partial charge in [0.25, 0.3) is 0 Å². The number of phenols is 1. The summed E-state index contributed by atoms with van der Waals surface area (Å²) in [5, 5.41) is 10.7. The highest BCUT2D eigenvalue weighted by molar-refractivity contribution is 5.93. The molecule has 0 saturated heterocycles. The number of aromatic hydroxyl groups is 1. The topological polar surface area (TPSA) is 33.1 Å². The van der Waals surface area contributed by atoms with Crippen LogP contribution in [0, 0.1) is 5.82 Å². The van der Waals surface area contributed by atoms with Gasteiger partial charge in [-0.15, -0.1) is 0 Å². The summed E-state index contributed by atoms with van der Waals surface area (Å²) in [4.78, 5) is 4.17. The molecule has 2 nitrogen and oxygen atoms in total. The highest BCUT2D eigenvalue weighted by Gasteiger charge is 2.03. The van der Waals surface area contributed by atoms with E-state index >= 15 is 0 Å². The number of aromatic nitrogens is 1. The number of benzene rings is 2. The Balaban J connectivity index is 2.03. The van der Waals surface area contributed by atoms with Crippen LogP contribution >= 0.6 is 0 Å². The van der Waals surface area contributed by atoms with E-state index in [-0.39, 0.29) is 11.6 Å². The quantitative estimate of drug-likeness (QED) is 0.703. The normalized spacial score (nSPS) is 11.2. The van der Waals surface area contributed by atoms with Crippen LogP contribution in [-0.2, 0) is 0 Å². The molecule has 3 rings (SSSR count). The number of halogens is 1. The zero-order chi connectivity index (χ0) is 13.9. The Kier molecular flexibility index (Phi) is 3.17. The lowest BCUT2D eigenvalue weighted by Gasteiger charge is -2.03. The maximum absolute atomic E-state index is 12.8. The molecule has 0 bridgehead atoms. The van der Waals surface area contributed by atoms with Crippen molar-refractivity contribution in [3.63, 3.8) is 0 Å². The molecule has 1 N–H and O–H groups in total. The number of pyridine rings is 1. The average Bonchev–Trinajstić information content (AvgIpc) is 2.49. The molecule has 3 aromatic rings. The Morgan fingerprint density at radius 2 is 1.75 bits per heavy atom. The molecule has 0 amide bonds. The van der Waals surface area contributed by atoms with Gasteiger partial charge in [-0.3, -0.25) is 4.98 Å². The molecule has 0 aliphatic rings. The van der Waals surface area contributed by atoms with E-state index in [0.717, 1.165) is 16.5 Å². The lowest BCUT2D eigenvalue weighted by molar-refractivity contribution is 0.480. The van der Waals surface area contributed by atoms with Gasteiger partial charge in [-0.1, -0.05) is 36.4 Å². The molecule has 0 unspecified atom stereocenters. The first kappa shape index (κ1) is 12.4. The van der Waals surface area contributed by atoms with Crippen LogP contribution in [0.4, 0.5) is 4.39 Å². The first-order valence-electron chi connectivity index (χ1n) is 6.24. The minimum Gasteiger partial charge on any atom is -0.506 e. The van der Waals surface area contributed by atoms with Crippen LogP contribution in [0.1, 0.15) is 11.1 Å². The van der Waals surface area contributed by atoms with E-state index in [1.165, 1.54) is 12.1 Å². The Bertz CT molecular complexity index is 779. The second kappa shape index (κ2) is 5.13. The number of nitrogens with zero attached hydrogens (tertiary/aromatic N) is 1. The number of hydrogen-bond donors (Lipinski definition) is 1. The van der Waals surface area contributed by atoms with Gasteiger partial charge in [0.1, 0.15) is 17.1 Å². The van der Waals surface area contributed by atoms with Gasteiger partial charge in [0.05, 0.1) is 0 Å². The Morgan fingerprint density at radius 3 is 2.55 bits per heavy atom. The van der Waals surface area contributed by atoms with Crippen LogP contribution in [0.3, 0.4) is 0 Å². The van der Waals surface area contributed by atoms with Crippen molar-refractivity contribution in [2.75, 3.05) is 0 Å². The maximum atomic E-state index is 12.8. The molecule has 0 atom stereocenters. The van der Waals surface area contributed by atoms with Gasteiger partial charge < -0.3 is 5.11 Å². The molecule has 2 aromatic carbocycles. The molecule has 0 aliphatic heterocycles. The van der Waals surface area contributed by atoms with Crippen molar-refractivity contribution in [3.8, 4) is 5.75 Å². The Labute approximate surface area is 115 Å². The van der Waals surface area contributed by atoms with Crippen LogP contribution in [-0.4, -0.2) is 10.1 Å².